The number of carbonyl (C=O) groups excluding carboxylic acids is 2. The number of amides is 2. The Labute approximate surface area is 172 Å². The van der Waals surface area contributed by atoms with E-state index in [0.29, 0.717) is 13.1 Å². The zero-order valence-electron chi connectivity index (χ0n) is 17.2. The first-order chi connectivity index (χ1) is 14.0. The van der Waals surface area contributed by atoms with Gasteiger partial charge in [-0.3, -0.25) is 14.6 Å². The topological polar surface area (TPSA) is 68.8 Å². The first-order valence-corrected chi connectivity index (χ1v) is 9.99. The van der Waals surface area contributed by atoms with Crippen molar-refractivity contribution < 1.29 is 9.59 Å². The van der Waals surface area contributed by atoms with E-state index in [0.717, 1.165) is 37.4 Å². The quantitative estimate of drug-likeness (QED) is 0.779. The van der Waals surface area contributed by atoms with Crippen molar-refractivity contribution in [3.8, 4) is 0 Å². The Kier molecular flexibility index (Phi) is 7.19. The molecule has 3 rings (SSSR count). The smallest absolute Gasteiger partial charge is 0.226 e. The van der Waals surface area contributed by atoms with Crippen LogP contribution in [-0.2, 0) is 16.1 Å². The molecule has 1 N–H and O–H groups in total. The van der Waals surface area contributed by atoms with Crippen LogP contribution in [0.3, 0.4) is 0 Å². The predicted molar refractivity (Wildman–Crippen MR) is 115 cm³/mol. The van der Waals surface area contributed by atoms with Crippen LogP contribution in [0.2, 0.25) is 0 Å². The maximum atomic E-state index is 12.3. The van der Waals surface area contributed by atoms with E-state index in [-0.39, 0.29) is 18.2 Å². The van der Waals surface area contributed by atoms with Gasteiger partial charge in [0.05, 0.1) is 0 Å². The highest BCUT2D eigenvalue weighted by molar-refractivity contribution is 5.91. The summed E-state index contributed by atoms with van der Waals surface area (Å²) in [4.78, 5) is 34.6. The highest BCUT2D eigenvalue weighted by Gasteiger charge is 2.15. The molecule has 0 radical (unpaired) electrons. The molecule has 0 atom stereocenters. The summed E-state index contributed by atoms with van der Waals surface area (Å²) in [5.74, 6) is -0.149. The van der Waals surface area contributed by atoms with Crippen LogP contribution < -0.4 is 10.2 Å². The Balaban J connectivity index is 1.48. The van der Waals surface area contributed by atoms with Crippen molar-refractivity contribution in [2.45, 2.75) is 19.9 Å². The maximum absolute atomic E-state index is 12.3. The largest absolute Gasteiger partial charge is 0.369 e. The number of rotatable bonds is 7. The van der Waals surface area contributed by atoms with Crippen molar-refractivity contribution in [1.29, 1.82) is 0 Å². The molecule has 1 fully saturated rings. The van der Waals surface area contributed by atoms with Gasteiger partial charge >= 0.3 is 0 Å². The van der Waals surface area contributed by atoms with Crippen molar-refractivity contribution in [2.24, 2.45) is 0 Å². The second kappa shape index (κ2) is 10.0. The molecule has 7 heteroatoms. The van der Waals surface area contributed by atoms with E-state index in [4.69, 9.17) is 0 Å². The van der Waals surface area contributed by atoms with E-state index < -0.39 is 0 Å². The van der Waals surface area contributed by atoms with Gasteiger partial charge in [0, 0.05) is 76.4 Å². The van der Waals surface area contributed by atoms with Crippen molar-refractivity contribution in [1.82, 2.24) is 14.8 Å². The van der Waals surface area contributed by atoms with Crippen molar-refractivity contribution in [3.05, 3.63) is 54.4 Å². The molecule has 2 aromatic rings. The predicted octanol–water partition coefficient (Wildman–Crippen LogP) is 2.21. The third-order valence-corrected chi connectivity index (χ3v) is 5.20. The number of nitrogens with zero attached hydrogens (tertiary/aromatic N) is 4. The molecule has 1 aromatic heterocycles. The number of hydrogen-bond donors (Lipinski definition) is 1. The van der Waals surface area contributed by atoms with Gasteiger partial charge in [-0.1, -0.05) is 0 Å². The summed E-state index contributed by atoms with van der Waals surface area (Å²) >= 11 is 0. The highest BCUT2D eigenvalue weighted by Crippen LogP contribution is 2.19. The molecule has 0 unspecified atom stereocenters. The molecule has 154 valence electrons. The molecule has 2 amide bonds. The SMILES string of the molecule is CC(=O)N(CCC(=O)Nc1ccc(N2CCN(C)CC2)cc1)Cc1ccncc1. The monoisotopic (exact) mass is 395 g/mol. The highest BCUT2D eigenvalue weighted by atomic mass is 16.2. The second-order valence-corrected chi connectivity index (χ2v) is 7.43. The van der Waals surface area contributed by atoms with E-state index in [1.54, 1.807) is 17.3 Å². The second-order valence-electron chi connectivity index (χ2n) is 7.43. The Morgan fingerprint density at radius 2 is 1.69 bits per heavy atom. The van der Waals surface area contributed by atoms with E-state index >= 15 is 0 Å². The van der Waals surface area contributed by atoms with Crippen LogP contribution in [0.25, 0.3) is 0 Å². The summed E-state index contributed by atoms with van der Waals surface area (Å²) in [6.07, 6.45) is 3.66. The lowest BCUT2D eigenvalue weighted by Gasteiger charge is -2.34. The van der Waals surface area contributed by atoms with Crippen LogP contribution >= 0.6 is 0 Å². The number of hydrogen-bond acceptors (Lipinski definition) is 5. The molecule has 2 heterocycles. The summed E-state index contributed by atoms with van der Waals surface area (Å²) in [6.45, 7) is 6.53. The molecule has 0 aliphatic carbocycles. The van der Waals surface area contributed by atoms with Crippen LogP contribution in [0.15, 0.2) is 48.8 Å². The third kappa shape index (κ3) is 6.29. The van der Waals surface area contributed by atoms with Crippen LogP contribution in [-0.4, -0.2) is 66.4 Å². The van der Waals surface area contributed by atoms with E-state index in [1.165, 1.54) is 12.6 Å². The van der Waals surface area contributed by atoms with E-state index in [1.807, 2.05) is 36.4 Å². The molecule has 1 saturated heterocycles. The fourth-order valence-electron chi connectivity index (χ4n) is 3.34. The zero-order valence-corrected chi connectivity index (χ0v) is 17.2. The van der Waals surface area contributed by atoms with Gasteiger partial charge in [0.1, 0.15) is 0 Å². The Hall–Kier alpha value is -2.93. The molecule has 0 saturated carbocycles. The van der Waals surface area contributed by atoms with Gasteiger partial charge in [-0.25, -0.2) is 0 Å². The van der Waals surface area contributed by atoms with Gasteiger partial charge in [0.2, 0.25) is 11.8 Å². The van der Waals surface area contributed by atoms with Crippen LogP contribution in [0.4, 0.5) is 11.4 Å². The molecule has 29 heavy (non-hydrogen) atoms. The minimum absolute atomic E-state index is 0.0499. The van der Waals surface area contributed by atoms with Gasteiger partial charge in [0.25, 0.3) is 0 Å². The van der Waals surface area contributed by atoms with Crippen LogP contribution in [0.1, 0.15) is 18.9 Å². The van der Waals surface area contributed by atoms with Gasteiger partial charge in [-0.2, -0.15) is 0 Å². The zero-order chi connectivity index (χ0) is 20.6. The molecular formula is C22H29N5O2. The lowest BCUT2D eigenvalue weighted by molar-refractivity contribution is -0.129. The maximum Gasteiger partial charge on any atom is 0.226 e. The van der Waals surface area contributed by atoms with Gasteiger partial charge in [-0.05, 0) is 49.0 Å². The molecule has 7 nitrogen and oxygen atoms in total. The fraction of sp³-hybridized carbons (Fsp3) is 0.409. The number of nitrogens with one attached hydrogen (secondary N) is 1. The number of pyridine rings is 1. The van der Waals surface area contributed by atoms with E-state index in [2.05, 4.69) is 27.1 Å². The number of carbonyl (C=O) groups is 2. The van der Waals surface area contributed by atoms with Crippen LogP contribution in [0, 0.1) is 0 Å². The minimum Gasteiger partial charge on any atom is -0.369 e. The minimum atomic E-state index is -0.0988. The summed E-state index contributed by atoms with van der Waals surface area (Å²) in [5, 5.41) is 2.92. The fourth-order valence-corrected chi connectivity index (χ4v) is 3.34. The summed E-state index contributed by atoms with van der Waals surface area (Å²) in [6, 6.07) is 11.7. The normalized spacial score (nSPS) is 14.5. The number of aromatic nitrogens is 1. The molecule has 0 bridgehead atoms. The molecular weight excluding hydrogens is 366 g/mol. The van der Waals surface area contributed by atoms with Gasteiger partial charge in [0.15, 0.2) is 0 Å². The molecule has 1 aromatic carbocycles. The number of piperazine rings is 1. The summed E-state index contributed by atoms with van der Waals surface area (Å²) in [7, 11) is 2.14. The Morgan fingerprint density at radius 1 is 1.03 bits per heavy atom. The number of benzene rings is 1. The molecule has 1 aliphatic rings. The van der Waals surface area contributed by atoms with E-state index in [9.17, 15) is 9.59 Å². The summed E-state index contributed by atoms with van der Waals surface area (Å²) < 4.78 is 0. The van der Waals surface area contributed by atoms with Crippen LogP contribution in [0.5, 0.6) is 0 Å². The Morgan fingerprint density at radius 3 is 2.31 bits per heavy atom. The van der Waals surface area contributed by atoms with Crippen molar-refractivity contribution in [3.63, 3.8) is 0 Å². The van der Waals surface area contributed by atoms with Gasteiger partial charge < -0.3 is 20.0 Å². The first kappa shape index (κ1) is 20.8. The average molecular weight is 396 g/mol. The standard InChI is InChI=1S/C22H29N5O2/c1-18(28)27(17-19-7-10-23-11-8-19)12-9-22(29)24-20-3-5-21(6-4-20)26-15-13-25(2)14-16-26/h3-8,10-11H,9,12-17H2,1-2H3,(H,24,29). The molecule has 1 aliphatic heterocycles. The van der Waals surface area contributed by atoms with Crippen molar-refractivity contribution >= 4 is 23.2 Å². The number of anilines is 2. The third-order valence-electron chi connectivity index (χ3n) is 5.20. The first-order valence-electron chi connectivity index (χ1n) is 9.99. The van der Waals surface area contributed by atoms with Crippen molar-refractivity contribution in [2.75, 3.05) is 50.0 Å². The lowest BCUT2D eigenvalue weighted by atomic mass is 10.2. The molecule has 0 spiro atoms. The van der Waals surface area contributed by atoms with Gasteiger partial charge in [-0.15, -0.1) is 0 Å². The average Bonchev–Trinajstić information content (AvgIpc) is 2.73. The summed E-state index contributed by atoms with van der Waals surface area (Å²) in [5.41, 5.74) is 2.95. The lowest BCUT2D eigenvalue weighted by Crippen LogP contribution is -2.44. The number of likely N-dealkylation sites (N-methyl/N-ethyl adjacent to an activating group) is 1. The Bertz CT molecular complexity index is 802.